The highest BCUT2D eigenvalue weighted by Gasteiger charge is 2.19. The molecule has 0 N–H and O–H groups in total. The van der Waals surface area contributed by atoms with Crippen molar-refractivity contribution in [1.29, 1.82) is 0 Å². The van der Waals surface area contributed by atoms with Crippen LogP contribution in [0, 0.1) is 0 Å². The smallest absolute Gasteiger partial charge is 0.306 e. The Morgan fingerprint density at radius 1 is 0.296 bits per heavy atom. The summed E-state index contributed by atoms with van der Waals surface area (Å²) in [7, 11) is 0. The summed E-state index contributed by atoms with van der Waals surface area (Å²) in [6.07, 6.45) is 80.4. The molecule has 0 rings (SSSR count). The summed E-state index contributed by atoms with van der Waals surface area (Å²) in [5.41, 5.74) is 0. The number of unbranched alkanes of at least 4 members (excludes halogenated alkanes) is 20. The van der Waals surface area contributed by atoms with Gasteiger partial charge >= 0.3 is 17.9 Å². The second-order valence-corrected chi connectivity index (χ2v) is 18.8. The van der Waals surface area contributed by atoms with E-state index >= 15 is 0 Å². The van der Waals surface area contributed by atoms with Crippen molar-refractivity contribution in [2.45, 2.75) is 258 Å². The Hall–Kier alpha value is -4.19. The molecule has 6 heteroatoms. The summed E-state index contributed by atoms with van der Waals surface area (Å²) in [6.45, 7) is 6.42. The predicted molar refractivity (Wildman–Crippen MR) is 306 cm³/mol. The van der Waals surface area contributed by atoms with Crippen LogP contribution in [0.5, 0.6) is 0 Å². The highest BCUT2D eigenvalue weighted by molar-refractivity contribution is 5.71. The zero-order valence-corrected chi connectivity index (χ0v) is 45.9. The van der Waals surface area contributed by atoms with Gasteiger partial charge in [-0.05, 0) is 128 Å². The highest BCUT2D eigenvalue weighted by Crippen LogP contribution is 2.13. The first-order valence-electron chi connectivity index (χ1n) is 29.0. The van der Waals surface area contributed by atoms with E-state index in [1.54, 1.807) is 0 Å². The minimum atomic E-state index is -0.806. The van der Waals surface area contributed by atoms with Crippen molar-refractivity contribution in [3.05, 3.63) is 122 Å². The molecular weight excluding hydrogens is 877 g/mol. The van der Waals surface area contributed by atoms with Gasteiger partial charge in [-0.25, -0.2) is 0 Å². The van der Waals surface area contributed by atoms with Crippen LogP contribution < -0.4 is 0 Å². The van der Waals surface area contributed by atoms with Crippen molar-refractivity contribution < 1.29 is 28.6 Å². The molecule has 0 aromatic carbocycles. The summed E-state index contributed by atoms with van der Waals surface area (Å²) >= 11 is 0. The maximum atomic E-state index is 12.9. The van der Waals surface area contributed by atoms with Gasteiger partial charge < -0.3 is 14.2 Å². The van der Waals surface area contributed by atoms with Crippen LogP contribution in [0.15, 0.2) is 122 Å². The molecule has 0 bridgehead atoms. The number of hydrogen-bond acceptors (Lipinski definition) is 6. The molecule has 6 nitrogen and oxygen atoms in total. The first-order valence-corrected chi connectivity index (χ1v) is 29.0. The average molecular weight is 984 g/mol. The largest absolute Gasteiger partial charge is 0.462 e. The van der Waals surface area contributed by atoms with Crippen molar-refractivity contribution in [2.24, 2.45) is 0 Å². The lowest BCUT2D eigenvalue weighted by molar-refractivity contribution is -0.167. The van der Waals surface area contributed by atoms with Crippen LogP contribution >= 0.6 is 0 Å². The second-order valence-electron chi connectivity index (χ2n) is 18.8. The lowest BCUT2D eigenvalue weighted by atomic mass is 10.1. The molecule has 0 saturated heterocycles. The summed E-state index contributed by atoms with van der Waals surface area (Å²) < 4.78 is 16.8. The summed E-state index contributed by atoms with van der Waals surface area (Å²) in [4.78, 5) is 38.2. The standard InChI is InChI=1S/C65H106O6/c1-4-7-10-13-16-19-22-25-28-30-31-32-33-34-35-36-38-40-43-46-49-52-55-58-64(67)70-61-62(60-69-63(66)57-54-51-48-45-42-39-27-24-21-18-15-12-9-6-3)71-65(68)59-56-53-50-47-44-41-37-29-26-23-20-17-14-11-8-5-2/h7,10,15-16,18-20,23-25,27-29,31-32,34-35,37-38,40,62H,4-6,8-9,11-14,17,21-22,26,30,33,36,39,41-61H2,1-3H3/b10-7-,18-15-,19-16-,23-20-,27-24-,28-25-,32-31-,35-34-,37-29-,40-38-. The zero-order valence-electron chi connectivity index (χ0n) is 45.9. The summed E-state index contributed by atoms with van der Waals surface area (Å²) in [6, 6.07) is 0. The molecule has 1 unspecified atom stereocenters. The quantitative estimate of drug-likeness (QED) is 0.0261. The average Bonchev–Trinajstić information content (AvgIpc) is 3.37. The Labute approximate surface area is 437 Å². The molecule has 0 aromatic rings. The minimum Gasteiger partial charge on any atom is -0.462 e. The molecule has 402 valence electrons. The van der Waals surface area contributed by atoms with Crippen molar-refractivity contribution in [3.63, 3.8) is 0 Å². The number of esters is 3. The van der Waals surface area contributed by atoms with Crippen molar-refractivity contribution in [3.8, 4) is 0 Å². The number of carbonyl (C=O) groups is 3. The zero-order chi connectivity index (χ0) is 51.4. The van der Waals surface area contributed by atoms with E-state index in [0.717, 1.165) is 161 Å². The number of hydrogen-bond donors (Lipinski definition) is 0. The van der Waals surface area contributed by atoms with E-state index < -0.39 is 6.10 Å². The third-order valence-electron chi connectivity index (χ3n) is 11.9. The maximum Gasteiger partial charge on any atom is 0.306 e. The molecule has 0 aliphatic rings. The van der Waals surface area contributed by atoms with Crippen LogP contribution in [-0.4, -0.2) is 37.2 Å². The lowest BCUT2D eigenvalue weighted by Crippen LogP contribution is -2.30. The fourth-order valence-corrected chi connectivity index (χ4v) is 7.55. The Kier molecular flexibility index (Phi) is 54.9. The monoisotopic (exact) mass is 983 g/mol. The van der Waals surface area contributed by atoms with Crippen LogP contribution in [0.3, 0.4) is 0 Å². The summed E-state index contributed by atoms with van der Waals surface area (Å²) in [5, 5.41) is 0. The van der Waals surface area contributed by atoms with E-state index in [-0.39, 0.29) is 31.1 Å². The van der Waals surface area contributed by atoms with Gasteiger partial charge in [0, 0.05) is 19.3 Å². The van der Waals surface area contributed by atoms with Crippen molar-refractivity contribution in [1.82, 2.24) is 0 Å². The van der Waals surface area contributed by atoms with Crippen LogP contribution in [0.1, 0.15) is 252 Å². The van der Waals surface area contributed by atoms with Gasteiger partial charge in [-0.2, -0.15) is 0 Å². The Bertz CT molecular complexity index is 1500. The molecule has 0 heterocycles. The van der Waals surface area contributed by atoms with Crippen LogP contribution in [-0.2, 0) is 28.6 Å². The summed E-state index contributed by atoms with van der Waals surface area (Å²) in [5.74, 6) is -0.956. The number of rotatable bonds is 51. The Morgan fingerprint density at radius 2 is 0.563 bits per heavy atom. The van der Waals surface area contributed by atoms with E-state index in [9.17, 15) is 14.4 Å². The number of carbonyl (C=O) groups excluding carboxylic acids is 3. The van der Waals surface area contributed by atoms with Gasteiger partial charge in [0.2, 0.25) is 0 Å². The van der Waals surface area contributed by atoms with Gasteiger partial charge in [0.1, 0.15) is 13.2 Å². The van der Waals surface area contributed by atoms with Gasteiger partial charge in [-0.3, -0.25) is 14.4 Å². The molecule has 71 heavy (non-hydrogen) atoms. The molecular formula is C65H106O6. The molecule has 0 fully saturated rings. The molecule has 0 radical (unpaired) electrons. The highest BCUT2D eigenvalue weighted by atomic mass is 16.6. The Morgan fingerprint density at radius 3 is 0.901 bits per heavy atom. The maximum absolute atomic E-state index is 12.9. The van der Waals surface area contributed by atoms with Gasteiger partial charge in [0.25, 0.3) is 0 Å². The molecule has 0 amide bonds. The second kappa shape index (κ2) is 58.4. The van der Waals surface area contributed by atoms with Crippen LogP contribution in [0.2, 0.25) is 0 Å². The first-order chi connectivity index (χ1) is 35.0. The normalized spacial score (nSPS) is 13.0. The molecule has 0 spiro atoms. The fraction of sp³-hybridized carbons (Fsp3) is 0.646. The van der Waals surface area contributed by atoms with Crippen molar-refractivity contribution in [2.75, 3.05) is 13.2 Å². The SMILES string of the molecule is CC/C=C\C/C=C\C/C=C\C/C=C\C/C=C\C/C=C\CCCCCCC(=O)OCC(COC(=O)CCCCCCC/C=C\C/C=C\CCCC)OC(=O)CCCCCCC/C=C\C/C=C\CCCCCC. The molecule has 0 aliphatic heterocycles. The lowest BCUT2D eigenvalue weighted by Gasteiger charge is -2.18. The van der Waals surface area contributed by atoms with Gasteiger partial charge in [0.15, 0.2) is 6.10 Å². The van der Waals surface area contributed by atoms with E-state index in [2.05, 4.69) is 142 Å². The van der Waals surface area contributed by atoms with E-state index in [1.165, 1.54) is 51.4 Å². The van der Waals surface area contributed by atoms with E-state index in [0.29, 0.717) is 19.3 Å². The van der Waals surface area contributed by atoms with Crippen molar-refractivity contribution >= 4 is 17.9 Å². The molecule has 0 aliphatic carbocycles. The topological polar surface area (TPSA) is 78.9 Å². The fourth-order valence-electron chi connectivity index (χ4n) is 7.55. The third kappa shape index (κ3) is 56.6. The van der Waals surface area contributed by atoms with Gasteiger partial charge in [0.05, 0.1) is 0 Å². The molecule has 0 saturated carbocycles. The van der Waals surface area contributed by atoms with Crippen LogP contribution in [0.4, 0.5) is 0 Å². The van der Waals surface area contributed by atoms with E-state index in [1.807, 2.05) is 0 Å². The predicted octanol–water partition coefficient (Wildman–Crippen LogP) is 19.6. The molecule has 1 atom stereocenters. The first kappa shape index (κ1) is 66.8. The minimum absolute atomic E-state index is 0.102. The van der Waals surface area contributed by atoms with Crippen LogP contribution in [0.25, 0.3) is 0 Å². The number of allylic oxidation sites excluding steroid dienone is 20. The third-order valence-corrected chi connectivity index (χ3v) is 11.9. The van der Waals surface area contributed by atoms with E-state index in [4.69, 9.17) is 14.2 Å². The van der Waals surface area contributed by atoms with Gasteiger partial charge in [-0.15, -0.1) is 0 Å². The molecule has 0 aromatic heterocycles. The Balaban J connectivity index is 4.47. The van der Waals surface area contributed by atoms with Gasteiger partial charge in [-0.1, -0.05) is 226 Å². The number of ether oxygens (including phenoxy) is 3.